The van der Waals surface area contributed by atoms with Crippen LogP contribution in [0.5, 0.6) is 0 Å². The van der Waals surface area contributed by atoms with E-state index < -0.39 is 16.1 Å². The summed E-state index contributed by atoms with van der Waals surface area (Å²) >= 11 is 0. The maximum atomic E-state index is 12.3. The fourth-order valence-electron chi connectivity index (χ4n) is 2.07. The third-order valence-electron chi connectivity index (χ3n) is 3.20. The second kappa shape index (κ2) is 5.16. The molecule has 1 atom stereocenters. The van der Waals surface area contributed by atoms with E-state index in [9.17, 15) is 13.3 Å². The van der Waals surface area contributed by atoms with Crippen LogP contribution in [0.4, 0.5) is 0 Å². The average molecular weight is 268 g/mol. The minimum Gasteiger partial charge on any atom is -0.207 e. The predicted octanol–water partition coefficient (Wildman–Crippen LogP) is 2.30. The van der Waals surface area contributed by atoms with Crippen molar-refractivity contribution in [2.75, 3.05) is 13.1 Å². The van der Waals surface area contributed by atoms with Crippen molar-refractivity contribution >= 4 is 10.0 Å². The smallest absolute Gasteiger partial charge is 0.207 e. The molecule has 0 bridgehead atoms. The van der Waals surface area contributed by atoms with E-state index in [0.29, 0.717) is 18.7 Å². The highest BCUT2D eigenvalue weighted by Crippen LogP contribution is 2.24. The Morgan fingerprint density at radius 1 is 1.28 bits per heavy atom. The monoisotopic (exact) mass is 268 g/mol. The zero-order valence-electron chi connectivity index (χ0n) is 10.2. The molecule has 1 unspecified atom stereocenters. The first kappa shape index (κ1) is 13.2. The molecule has 1 aliphatic heterocycles. The Morgan fingerprint density at radius 2 is 1.94 bits per heavy atom. The zero-order valence-corrected chi connectivity index (χ0v) is 11.1. The van der Waals surface area contributed by atoms with E-state index in [4.69, 9.17) is 0 Å². The summed E-state index contributed by atoms with van der Waals surface area (Å²) < 4.78 is 26.1. The van der Waals surface area contributed by atoms with Gasteiger partial charge in [0.25, 0.3) is 0 Å². The van der Waals surface area contributed by atoms with Crippen LogP contribution in [0, 0.1) is 4.91 Å². The van der Waals surface area contributed by atoms with Gasteiger partial charge in [-0.3, -0.25) is 0 Å². The van der Waals surface area contributed by atoms with E-state index >= 15 is 0 Å². The van der Waals surface area contributed by atoms with Gasteiger partial charge in [-0.1, -0.05) is 17.3 Å². The molecule has 0 radical (unpaired) electrons. The number of benzene rings is 1. The summed E-state index contributed by atoms with van der Waals surface area (Å²) in [5, 5.41) is 2.92. The maximum absolute atomic E-state index is 12.3. The van der Waals surface area contributed by atoms with Crippen LogP contribution >= 0.6 is 0 Å². The first-order valence-electron chi connectivity index (χ1n) is 5.98. The van der Waals surface area contributed by atoms with Crippen molar-refractivity contribution in [1.29, 1.82) is 0 Å². The SMILES string of the molecule is CC(N=O)c1cccc(S(=O)(=O)N2CCCC2)c1. The number of rotatable bonds is 4. The molecule has 0 N–H and O–H groups in total. The van der Waals surface area contributed by atoms with Crippen LogP contribution in [-0.2, 0) is 10.0 Å². The Kier molecular flexibility index (Phi) is 3.77. The van der Waals surface area contributed by atoms with Crippen LogP contribution in [0.1, 0.15) is 31.4 Å². The van der Waals surface area contributed by atoms with Crippen LogP contribution in [0.15, 0.2) is 34.3 Å². The molecule has 0 aromatic heterocycles. The fraction of sp³-hybridized carbons (Fsp3) is 0.500. The molecule has 1 aromatic carbocycles. The first-order valence-corrected chi connectivity index (χ1v) is 7.42. The molecule has 98 valence electrons. The van der Waals surface area contributed by atoms with Crippen molar-refractivity contribution in [1.82, 2.24) is 4.31 Å². The van der Waals surface area contributed by atoms with Gasteiger partial charge in [0.05, 0.1) is 4.90 Å². The topological polar surface area (TPSA) is 66.8 Å². The van der Waals surface area contributed by atoms with E-state index in [1.807, 2.05) is 0 Å². The molecule has 18 heavy (non-hydrogen) atoms. The lowest BCUT2D eigenvalue weighted by Gasteiger charge is -2.16. The third-order valence-corrected chi connectivity index (χ3v) is 5.10. The Labute approximate surface area is 107 Å². The van der Waals surface area contributed by atoms with Gasteiger partial charge in [-0.15, -0.1) is 0 Å². The van der Waals surface area contributed by atoms with Crippen molar-refractivity contribution in [2.24, 2.45) is 5.18 Å². The number of hydrogen-bond donors (Lipinski definition) is 0. The molecule has 1 aromatic rings. The summed E-state index contributed by atoms with van der Waals surface area (Å²) in [6.07, 6.45) is 1.82. The Balaban J connectivity index is 2.35. The molecule has 5 nitrogen and oxygen atoms in total. The Hall–Kier alpha value is -1.27. The van der Waals surface area contributed by atoms with Crippen molar-refractivity contribution in [3.8, 4) is 0 Å². The van der Waals surface area contributed by atoms with E-state index in [0.717, 1.165) is 12.8 Å². The van der Waals surface area contributed by atoms with Crippen LogP contribution in [0.2, 0.25) is 0 Å². The van der Waals surface area contributed by atoms with Crippen LogP contribution < -0.4 is 0 Å². The predicted molar refractivity (Wildman–Crippen MR) is 68.6 cm³/mol. The van der Waals surface area contributed by atoms with Gasteiger partial charge in [0, 0.05) is 13.1 Å². The van der Waals surface area contributed by atoms with Gasteiger partial charge in [0.2, 0.25) is 10.0 Å². The minimum atomic E-state index is -3.41. The first-order chi connectivity index (χ1) is 8.55. The molecule has 1 aliphatic rings. The molecule has 0 saturated carbocycles. The van der Waals surface area contributed by atoms with Gasteiger partial charge in [-0.25, -0.2) is 8.42 Å². The highest BCUT2D eigenvalue weighted by molar-refractivity contribution is 7.89. The number of sulfonamides is 1. The lowest BCUT2D eigenvalue weighted by Crippen LogP contribution is -2.27. The largest absolute Gasteiger partial charge is 0.243 e. The van der Waals surface area contributed by atoms with Crippen molar-refractivity contribution in [3.63, 3.8) is 0 Å². The van der Waals surface area contributed by atoms with E-state index in [1.54, 1.807) is 31.2 Å². The molecule has 0 amide bonds. The molecule has 2 rings (SSSR count). The highest BCUT2D eigenvalue weighted by Gasteiger charge is 2.27. The van der Waals surface area contributed by atoms with Crippen molar-refractivity contribution < 1.29 is 8.42 Å². The Bertz CT molecular complexity index is 536. The molecule has 1 fully saturated rings. The van der Waals surface area contributed by atoms with E-state index in [-0.39, 0.29) is 4.90 Å². The molecule has 6 heteroatoms. The molecule has 1 heterocycles. The second-order valence-corrected chi connectivity index (χ2v) is 6.40. The molecular weight excluding hydrogens is 252 g/mol. The molecule has 0 spiro atoms. The second-order valence-electron chi connectivity index (χ2n) is 4.47. The van der Waals surface area contributed by atoms with Gasteiger partial charge in [-0.05, 0) is 37.5 Å². The van der Waals surface area contributed by atoms with Crippen molar-refractivity contribution in [3.05, 3.63) is 34.7 Å². The number of hydrogen-bond acceptors (Lipinski definition) is 4. The van der Waals surface area contributed by atoms with E-state index in [2.05, 4.69) is 5.18 Å². The molecular formula is C12H16N2O3S. The summed E-state index contributed by atoms with van der Waals surface area (Å²) in [5.41, 5.74) is 0.630. The highest BCUT2D eigenvalue weighted by atomic mass is 32.2. The number of nitrogens with zero attached hydrogens (tertiary/aromatic N) is 2. The lowest BCUT2D eigenvalue weighted by molar-refractivity contribution is 0.477. The maximum Gasteiger partial charge on any atom is 0.243 e. The quantitative estimate of drug-likeness (QED) is 0.787. The average Bonchev–Trinajstić information content (AvgIpc) is 2.92. The van der Waals surface area contributed by atoms with Gasteiger partial charge in [0.15, 0.2) is 0 Å². The van der Waals surface area contributed by atoms with Crippen molar-refractivity contribution in [2.45, 2.75) is 30.7 Å². The normalized spacial score (nSPS) is 18.7. The summed E-state index contributed by atoms with van der Waals surface area (Å²) in [5.74, 6) is 0. The van der Waals surface area contributed by atoms with Gasteiger partial charge in [0.1, 0.15) is 6.04 Å². The summed E-state index contributed by atoms with van der Waals surface area (Å²) in [7, 11) is -3.41. The van der Waals surface area contributed by atoms with E-state index in [1.165, 1.54) is 4.31 Å². The molecule has 0 aliphatic carbocycles. The van der Waals surface area contributed by atoms with Gasteiger partial charge in [-0.2, -0.15) is 9.21 Å². The van der Waals surface area contributed by atoms with Crippen LogP contribution in [0.3, 0.4) is 0 Å². The fourth-order valence-corrected chi connectivity index (χ4v) is 3.65. The summed E-state index contributed by atoms with van der Waals surface area (Å²) in [6, 6.07) is 5.95. The lowest BCUT2D eigenvalue weighted by atomic mass is 10.1. The zero-order chi connectivity index (χ0) is 13.2. The third kappa shape index (κ3) is 2.44. The standard InChI is InChI=1S/C12H16N2O3S/c1-10(13-15)11-5-4-6-12(9-11)18(16,17)14-7-2-3-8-14/h4-6,9-10H,2-3,7-8H2,1H3. The van der Waals surface area contributed by atoms with Gasteiger partial charge < -0.3 is 0 Å². The number of nitroso groups, excluding NO2 is 1. The molecule has 1 saturated heterocycles. The van der Waals surface area contributed by atoms with Crippen LogP contribution in [0.25, 0.3) is 0 Å². The summed E-state index contributed by atoms with van der Waals surface area (Å²) in [6.45, 7) is 2.80. The minimum absolute atomic E-state index is 0.248. The van der Waals surface area contributed by atoms with Crippen LogP contribution in [-0.4, -0.2) is 25.8 Å². The Morgan fingerprint density at radius 3 is 2.56 bits per heavy atom. The summed E-state index contributed by atoms with van der Waals surface area (Å²) in [4.78, 5) is 10.8. The van der Waals surface area contributed by atoms with Gasteiger partial charge >= 0.3 is 0 Å².